The molecule has 0 saturated heterocycles. The number of aromatic nitrogens is 5. The molecule has 0 saturated carbocycles. The number of carbonyl (C=O) groups is 1. The zero-order valence-corrected chi connectivity index (χ0v) is 12.8. The molecule has 0 aromatic carbocycles. The molecule has 0 bridgehead atoms. The molecule has 0 aliphatic rings. The van der Waals surface area contributed by atoms with E-state index in [1.165, 1.54) is 0 Å². The Kier molecular flexibility index (Phi) is 3.62. The molecular formula is C15H18N6O. The molecule has 0 radical (unpaired) electrons. The van der Waals surface area contributed by atoms with E-state index in [-0.39, 0.29) is 5.91 Å². The van der Waals surface area contributed by atoms with E-state index in [0.29, 0.717) is 6.54 Å². The summed E-state index contributed by atoms with van der Waals surface area (Å²) < 4.78 is 3.44. The Morgan fingerprint density at radius 3 is 2.86 bits per heavy atom. The molecule has 3 aromatic heterocycles. The van der Waals surface area contributed by atoms with Crippen molar-refractivity contribution < 1.29 is 4.79 Å². The van der Waals surface area contributed by atoms with Crippen LogP contribution in [0.2, 0.25) is 0 Å². The second kappa shape index (κ2) is 5.59. The Morgan fingerprint density at radius 1 is 1.36 bits per heavy atom. The molecule has 0 aliphatic heterocycles. The summed E-state index contributed by atoms with van der Waals surface area (Å²) in [5, 5.41) is 11.6. The van der Waals surface area contributed by atoms with Crippen LogP contribution in [0.1, 0.15) is 24.4 Å². The summed E-state index contributed by atoms with van der Waals surface area (Å²) in [6, 6.07) is 5.23. The lowest BCUT2D eigenvalue weighted by molar-refractivity contribution is -0.124. The van der Waals surface area contributed by atoms with Gasteiger partial charge in [0.15, 0.2) is 0 Å². The Labute approximate surface area is 128 Å². The van der Waals surface area contributed by atoms with E-state index in [4.69, 9.17) is 0 Å². The summed E-state index contributed by atoms with van der Waals surface area (Å²) in [5.41, 5.74) is 3.43. The second-order valence-electron chi connectivity index (χ2n) is 5.27. The first-order valence-corrected chi connectivity index (χ1v) is 7.12. The van der Waals surface area contributed by atoms with E-state index < -0.39 is 6.04 Å². The molecule has 0 spiro atoms. The molecule has 3 rings (SSSR count). The highest BCUT2D eigenvalue weighted by molar-refractivity contribution is 5.81. The fourth-order valence-corrected chi connectivity index (χ4v) is 2.35. The molecule has 0 aliphatic carbocycles. The molecule has 7 nitrogen and oxygen atoms in total. The third kappa shape index (κ3) is 2.57. The van der Waals surface area contributed by atoms with Crippen LogP contribution in [0.25, 0.3) is 11.0 Å². The van der Waals surface area contributed by atoms with Crippen molar-refractivity contribution >= 4 is 16.9 Å². The minimum absolute atomic E-state index is 0.0935. The summed E-state index contributed by atoms with van der Waals surface area (Å²) in [4.78, 5) is 16.4. The molecule has 3 aromatic rings. The number of aryl methyl sites for hydroxylation is 2. The van der Waals surface area contributed by atoms with Gasteiger partial charge in [-0.3, -0.25) is 19.1 Å². The van der Waals surface area contributed by atoms with Crippen LogP contribution in [0.15, 0.2) is 30.6 Å². The molecule has 1 atom stereocenters. The quantitative estimate of drug-likeness (QED) is 0.788. The van der Waals surface area contributed by atoms with Crippen LogP contribution in [0.4, 0.5) is 0 Å². The van der Waals surface area contributed by atoms with Crippen molar-refractivity contribution in [2.24, 2.45) is 7.05 Å². The molecule has 7 heteroatoms. The highest BCUT2D eigenvalue weighted by Gasteiger charge is 2.18. The predicted molar refractivity (Wildman–Crippen MR) is 82.0 cm³/mol. The van der Waals surface area contributed by atoms with E-state index in [1.807, 2.05) is 45.3 Å². The van der Waals surface area contributed by atoms with E-state index in [2.05, 4.69) is 20.5 Å². The average Bonchev–Trinajstić information content (AvgIpc) is 3.07. The van der Waals surface area contributed by atoms with Crippen molar-refractivity contribution in [2.45, 2.75) is 26.4 Å². The number of fused-ring (bicyclic) bond motifs is 1. The Morgan fingerprint density at radius 2 is 2.18 bits per heavy atom. The highest BCUT2D eigenvalue weighted by Crippen LogP contribution is 2.17. The van der Waals surface area contributed by atoms with Gasteiger partial charge in [0.2, 0.25) is 5.91 Å². The maximum absolute atomic E-state index is 12.3. The first-order valence-electron chi connectivity index (χ1n) is 7.12. The van der Waals surface area contributed by atoms with Gasteiger partial charge in [0, 0.05) is 13.2 Å². The van der Waals surface area contributed by atoms with Gasteiger partial charge in [0.25, 0.3) is 0 Å². The van der Waals surface area contributed by atoms with Crippen LogP contribution in [-0.4, -0.2) is 30.5 Å². The minimum atomic E-state index is -0.393. The van der Waals surface area contributed by atoms with Gasteiger partial charge in [-0.05, 0) is 26.0 Å². The first-order chi connectivity index (χ1) is 10.6. The first kappa shape index (κ1) is 14.2. The third-order valence-electron chi connectivity index (χ3n) is 3.65. The Hall–Kier alpha value is -2.70. The number of rotatable bonds is 4. The number of nitrogens with zero attached hydrogens (tertiary/aromatic N) is 5. The van der Waals surface area contributed by atoms with Crippen LogP contribution in [0.5, 0.6) is 0 Å². The van der Waals surface area contributed by atoms with E-state index in [0.717, 1.165) is 22.4 Å². The van der Waals surface area contributed by atoms with Crippen LogP contribution in [-0.2, 0) is 18.4 Å². The predicted octanol–water partition coefficient (Wildman–Crippen LogP) is 1.35. The van der Waals surface area contributed by atoms with Gasteiger partial charge in [-0.1, -0.05) is 6.07 Å². The summed E-state index contributed by atoms with van der Waals surface area (Å²) >= 11 is 0. The monoisotopic (exact) mass is 298 g/mol. The van der Waals surface area contributed by atoms with Crippen LogP contribution in [0, 0.1) is 6.92 Å². The van der Waals surface area contributed by atoms with Gasteiger partial charge >= 0.3 is 0 Å². The minimum Gasteiger partial charge on any atom is -0.349 e. The van der Waals surface area contributed by atoms with E-state index >= 15 is 0 Å². The van der Waals surface area contributed by atoms with Gasteiger partial charge < -0.3 is 5.32 Å². The number of hydrogen-bond acceptors (Lipinski definition) is 4. The van der Waals surface area contributed by atoms with Crippen molar-refractivity contribution in [2.75, 3.05) is 0 Å². The van der Waals surface area contributed by atoms with Crippen molar-refractivity contribution in [1.29, 1.82) is 0 Å². The molecular weight excluding hydrogens is 280 g/mol. The van der Waals surface area contributed by atoms with E-state index in [9.17, 15) is 4.79 Å². The van der Waals surface area contributed by atoms with Gasteiger partial charge in [-0.25, -0.2) is 0 Å². The molecule has 0 fully saturated rings. The van der Waals surface area contributed by atoms with Gasteiger partial charge in [-0.15, -0.1) is 0 Å². The Bertz CT molecular complexity index is 770. The highest BCUT2D eigenvalue weighted by atomic mass is 16.2. The van der Waals surface area contributed by atoms with Crippen LogP contribution >= 0.6 is 0 Å². The SMILES string of the molecule is Cc1nn(C)c2cn([C@H](C)C(=O)NCc3ccccn3)nc12. The molecule has 0 unspecified atom stereocenters. The largest absolute Gasteiger partial charge is 0.349 e. The molecule has 114 valence electrons. The maximum Gasteiger partial charge on any atom is 0.244 e. The smallest absolute Gasteiger partial charge is 0.244 e. The summed E-state index contributed by atoms with van der Waals surface area (Å²) in [5.74, 6) is -0.0935. The van der Waals surface area contributed by atoms with Crippen LogP contribution in [0.3, 0.4) is 0 Å². The molecule has 1 N–H and O–H groups in total. The Balaban J connectivity index is 1.73. The normalized spacial score (nSPS) is 12.5. The second-order valence-corrected chi connectivity index (χ2v) is 5.27. The number of pyridine rings is 1. The summed E-state index contributed by atoms with van der Waals surface area (Å²) in [7, 11) is 1.87. The maximum atomic E-state index is 12.3. The number of carbonyl (C=O) groups excluding carboxylic acids is 1. The lowest BCUT2D eigenvalue weighted by Crippen LogP contribution is -2.31. The topological polar surface area (TPSA) is 77.6 Å². The van der Waals surface area contributed by atoms with Crippen molar-refractivity contribution in [1.82, 2.24) is 29.9 Å². The molecule has 1 amide bonds. The number of hydrogen-bond donors (Lipinski definition) is 1. The number of amides is 1. The lowest BCUT2D eigenvalue weighted by atomic mass is 10.3. The fraction of sp³-hybridized carbons (Fsp3) is 0.333. The van der Waals surface area contributed by atoms with Crippen molar-refractivity contribution in [3.05, 3.63) is 42.0 Å². The molecule has 22 heavy (non-hydrogen) atoms. The number of nitrogens with one attached hydrogen (secondary N) is 1. The fourth-order valence-electron chi connectivity index (χ4n) is 2.35. The van der Waals surface area contributed by atoms with Gasteiger partial charge in [0.1, 0.15) is 17.1 Å². The van der Waals surface area contributed by atoms with Crippen LogP contribution < -0.4 is 5.32 Å². The standard InChI is InChI=1S/C15H18N6O/c1-10-14-13(20(3)18-10)9-21(19-14)11(2)15(22)17-8-12-6-4-5-7-16-12/h4-7,9,11H,8H2,1-3H3,(H,17,22)/t11-/m1/s1. The zero-order chi connectivity index (χ0) is 15.7. The third-order valence-corrected chi connectivity index (χ3v) is 3.65. The lowest BCUT2D eigenvalue weighted by Gasteiger charge is -2.12. The summed E-state index contributed by atoms with van der Waals surface area (Å²) in [6.07, 6.45) is 3.56. The van der Waals surface area contributed by atoms with E-state index in [1.54, 1.807) is 15.6 Å². The molecule has 3 heterocycles. The zero-order valence-electron chi connectivity index (χ0n) is 12.8. The van der Waals surface area contributed by atoms with Gasteiger partial charge in [-0.2, -0.15) is 10.2 Å². The average molecular weight is 298 g/mol. The summed E-state index contributed by atoms with van der Waals surface area (Å²) in [6.45, 7) is 4.14. The van der Waals surface area contributed by atoms with Crippen molar-refractivity contribution in [3.63, 3.8) is 0 Å². The van der Waals surface area contributed by atoms with Gasteiger partial charge in [0.05, 0.1) is 24.1 Å². The van der Waals surface area contributed by atoms with Crippen molar-refractivity contribution in [3.8, 4) is 0 Å².